The largest absolute Gasteiger partial charge is 0.451 e. The molecule has 0 atom stereocenters. The summed E-state index contributed by atoms with van der Waals surface area (Å²) in [6.07, 6.45) is -1.27. The molecule has 8 heteroatoms. The summed E-state index contributed by atoms with van der Waals surface area (Å²) in [5, 5.41) is 3.05. The lowest BCUT2D eigenvalue weighted by atomic mass is 10.0. The Kier molecular flexibility index (Phi) is 4.42. The van der Waals surface area contributed by atoms with Crippen molar-refractivity contribution in [3.05, 3.63) is 72.3 Å². The van der Waals surface area contributed by atoms with Gasteiger partial charge < -0.3 is 9.88 Å². The molecule has 0 aliphatic heterocycles. The zero-order valence-corrected chi connectivity index (χ0v) is 15.9. The predicted molar refractivity (Wildman–Crippen MR) is 108 cm³/mol. The van der Waals surface area contributed by atoms with Crippen LogP contribution in [0.3, 0.4) is 0 Å². The van der Waals surface area contributed by atoms with E-state index in [0.717, 1.165) is 29.5 Å². The molecule has 0 amide bonds. The highest BCUT2D eigenvalue weighted by Gasteiger charge is 2.37. The van der Waals surface area contributed by atoms with Gasteiger partial charge in [0.15, 0.2) is 11.5 Å². The van der Waals surface area contributed by atoms with Crippen LogP contribution in [0.25, 0.3) is 22.3 Å². The minimum absolute atomic E-state index is 0.146. The second kappa shape index (κ2) is 7.12. The molecular formula is C22H18F3N5. The molecular weight excluding hydrogens is 391 g/mol. The lowest BCUT2D eigenvalue weighted by molar-refractivity contribution is -0.144. The number of fused-ring (bicyclic) bond motifs is 1. The van der Waals surface area contributed by atoms with Gasteiger partial charge in [-0.05, 0) is 29.5 Å². The third-order valence-electron chi connectivity index (χ3n) is 5.05. The highest BCUT2D eigenvalue weighted by atomic mass is 19.4. The molecule has 0 radical (unpaired) electrons. The molecule has 0 spiro atoms. The van der Waals surface area contributed by atoms with Crippen LogP contribution in [-0.2, 0) is 12.7 Å². The summed E-state index contributed by atoms with van der Waals surface area (Å²) < 4.78 is 41.6. The fraction of sp³-hybridized carbons (Fsp3) is 0.227. The average Bonchev–Trinajstić information content (AvgIpc) is 3.47. The maximum Gasteiger partial charge on any atom is 0.451 e. The molecule has 1 aliphatic rings. The van der Waals surface area contributed by atoms with Gasteiger partial charge in [-0.25, -0.2) is 15.0 Å². The quantitative estimate of drug-likeness (QED) is 0.496. The molecule has 2 heterocycles. The molecule has 1 aliphatic carbocycles. The predicted octanol–water partition coefficient (Wildman–Crippen LogP) is 5.13. The first kappa shape index (κ1) is 18.6. The van der Waals surface area contributed by atoms with Gasteiger partial charge in [-0.2, -0.15) is 13.2 Å². The van der Waals surface area contributed by atoms with Crippen molar-refractivity contribution < 1.29 is 13.2 Å². The molecule has 1 fully saturated rings. The number of rotatable bonds is 5. The third kappa shape index (κ3) is 3.72. The Bertz CT molecular complexity index is 1180. The summed E-state index contributed by atoms with van der Waals surface area (Å²) in [6, 6.07) is 18.1. The topological polar surface area (TPSA) is 55.6 Å². The van der Waals surface area contributed by atoms with Crippen LogP contribution in [0.15, 0.2) is 60.9 Å². The number of benzene rings is 2. The second-order valence-electron chi connectivity index (χ2n) is 7.42. The van der Waals surface area contributed by atoms with E-state index >= 15 is 0 Å². The molecule has 1 N–H and O–H groups in total. The minimum Gasteiger partial charge on any atom is -0.365 e. The zero-order valence-electron chi connectivity index (χ0n) is 15.9. The fourth-order valence-electron chi connectivity index (χ4n) is 3.34. The van der Waals surface area contributed by atoms with Crippen LogP contribution in [-0.4, -0.2) is 25.6 Å². The number of hydrogen-bond donors (Lipinski definition) is 1. The van der Waals surface area contributed by atoms with E-state index in [1.807, 2.05) is 54.6 Å². The van der Waals surface area contributed by atoms with E-state index in [9.17, 15) is 13.2 Å². The number of imidazole rings is 1. The average molecular weight is 409 g/mol. The molecule has 30 heavy (non-hydrogen) atoms. The second-order valence-corrected chi connectivity index (χ2v) is 7.42. The summed E-state index contributed by atoms with van der Waals surface area (Å²) in [6.45, 7) is 0.364. The standard InChI is InChI=1S/C22H18F3N5/c23-22(24,25)21-28-19(27-17-10-11-17)18-20(29-21)30(13-26-18)12-14-6-8-16(9-7-14)15-4-2-1-3-5-15/h1-9,13,17H,10-12H2,(H,27,28,29). The first-order valence-corrected chi connectivity index (χ1v) is 9.68. The highest BCUT2D eigenvalue weighted by Crippen LogP contribution is 2.32. The highest BCUT2D eigenvalue weighted by molar-refractivity contribution is 5.83. The Morgan fingerprint density at radius 3 is 2.30 bits per heavy atom. The van der Waals surface area contributed by atoms with Crippen LogP contribution >= 0.6 is 0 Å². The lowest BCUT2D eigenvalue weighted by Gasteiger charge is -2.11. The lowest BCUT2D eigenvalue weighted by Crippen LogP contribution is -2.15. The first-order chi connectivity index (χ1) is 14.5. The molecule has 5 rings (SSSR count). The third-order valence-corrected chi connectivity index (χ3v) is 5.05. The number of alkyl halides is 3. The van der Waals surface area contributed by atoms with Crippen LogP contribution in [0.5, 0.6) is 0 Å². The van der Waals surface area contributed by atoms with Gasteiger partial charge >= 0.3 is 6.18 Å². The van der Waals surface area contributed by atoms with E-state index in [1.165, 1.54) is 6.33 Å². The van der Waals surface area contributed by atoms with Gasteiger partial charge in [0.2, 0.25) is 5.82 Å². The minimum atomic E-state index is -4.62. The number of halogens is 3. The molecule has 152 valence electrons. The summed E-state index contributed by atoms with van der Waals surface area (Å²) in [5.41, 5.74) is 3.66. The molecule has 1 saturated carbocycles. The van der Waals surface area contributed by atoms with Crippen molar-refractivity contribution in [3.8, 4) is 11.1 Å². The Labute approximate surface area is 170 Å². The van der Waals surface area contributed by atoms with E-state index in [-0.39, 0.29) is 17.5 Å². The van der Waals surface area contributed by atoms with Gasteiger partial charge in [-0.3, -0.25) is 0 Å². The van der Waals surface area contributed by atoms with Crippen LogP contribution in [0.1, 0.15) is 24.2 Å². The van der Waals surface area contributed by atoms with Crippen molar-refractivity contribution in [3.63, 3.8) is 0 Å². The normalized spacial score (nSPS) is 14.2. The van der Waals surface area contributed by atoms with E-state index in [2.05, 4.69) is 20.3 Å². The van der Waals surface area contributed by atoms with Gasteiger partial charge in [-0.15, -0.1) is 0 Å². The summed E-state index contributed by atoms with van der Waals surface area (Å²) in [5.74, 6) is -1.01. The van der Waals surface area contributed by atoms with Gasteiger partial charge in [0, 0.05) is 6.04 Å². The van der Waals surface area contributed by atoms with Crippen LogP contribution < -0.4 is 5.32 Å². The van der Waals surface area contributed by atoms with Crippen molar-refractivity contribution in [2.75, 3.05) is 5.32 Å². The smallest absolute Gasteiger partial charge is 0.365 e. The van der Waals surface area contributed by atoms with Crippen LogP contribution in [0.4, 0.5) is 19.0 Å². The summed E-state index contributed by atoms with van der Waals surface area (Å²) in [7, 11) is 0. The van der Waals surface area contributed by atoms with Crippen molar-refractivity contribution in [2.45, 2.75) is 31.6 Å². The van der Waals surface area contributed by atoms with Gasteiger partial charge in [0.25, 0.3) is 0 Å². The maximum absolute atomic E-state index is 13.3. The Balaban J connectivity index is 1.48. The summed E-state index contributed by atoms with van der Waals surface area (Å²) >= 11 is 0. The van der Waals surface area contributed by atoms with Crippen molar-refractivity contribution >= 4 is 17.0 Å². The molecule has 5 nitrogen and oxygen atoms in total. The molecule has 4 aromatic rings. The van der Waals surface area contributed by atoms with Crippen molar-refractivity contribution in [2.24, 2.45) is 0 Å². The summed E-state index contributed by atoms with van der Waals surface area (Å²) in [4.78, 5) is 11.8. The van der Waals surface area contributed by atoms with E-state index < -0.39 is 12.0 Å². The van der Waals surface area contributed by atoms with Crippen LogP contribution in [0, 0.1) is 0 Å². The molecule has 0 saturated heterocycles. The van der Waals surface area contributed by atoms with Gasteiger partial charge in [-0.1, -0.05) is 54.6 Å². The Morgan fingerprint density at radius 1 is 0.933 bits per heavy atom. The number of hydrogen-bond acceptors (Lipinski definition) is 4. The Hall–Kier alpha value is -3.42. The maximum atomic E-state index is 13.3. The zero-order chi connectivity index (χ0) is 20.7. The number of nitrogens with zero attached hydrogens (tertiary/aromatic N) is 4. The molecule has 2 aromatic heterocycles. The van der Waals surface area contributed by atoms with Crippen LogP contribution in [0.2, 0.25) is 0 Å². The molecule has 0 bridgehead atoms. The van der Waals surface area contributed by atoms with Gasteiger partial charge in [0.05, 0.1) is 12.9 Å². The SMILES string of the molecule is FC(F)(F)c1nc(NC2CC2)c2ncn(Cc3ccc(-c4ccccc4)cc3)c2n1. The Morgan fingerprint density at radius 2 is 1.63 bits per heavy atom. The molecule has 0 unspecified atom stereocenters. The first-order valence-electron chi connectivity index (χ1n) is 9.68. The van der Waals surface area contributed by atoms with E-state index in [1.54, 1.807) is 4.57 Å². The van der Waals surface area contributed by atoms with E-state index in [4.69, 9.17) is 0 Å². The van der Waals surface area contributed by atoms with Gasteiger partial charge in [0.1, 0.15) is 5.52 Å². The monoisotopic (exact) mass is 409 g/mol. The number of aromatic nitrogens is 4. The van der Waals surface area contributed by atoms with E-state index in [0.29, 0.717) is 12.1 Å². The molecule has 2 aromatic carbocycles. The number of anilines is 1. The number of nitrogens with one attached hydrogen (secondary N) is 1. The fourth-order valence-corrected chi connectivity index (χ4v) is 3.34. The van der Waals surface area contributed by atoms with Crippen molar-refractivity contribution in [1.82, 2.24) is 19.5 Å². The van der Waals surface area contributed by atoms with Crippen molar-refractivity contribution in [1.29, 1.82) is 0 Å².